The second-order valence-corrected chi connectivity index (χ2v) is 8.14. The minimum absolute atomic E-state index is 0.00802. The summed E-state index contributed by atoms with van der Waals surface area (Å²) in [7, 11) is -3.67. The molecule has 29 heavy (non-hydrogen) atoms. The number of aromatic nitrogens is 2. The molecule has 0 saturated heterocycles. The number of ether oxygens (including phenoxy) is 1. The maximum absolute atomic E-state index is 12.8. The molecular weight excluding hydrogens is 396 g/mol. The second-order valence-electron chi connectivity index (χ2n) is 6.24. The predicted molar refractivity (Wildman–Crippen MR) is 107 cm³/mol. The van der Waals surface area contributed by atoms with Gasteiger partial charge in [-0.1, -0.05) is 19.9 Å². The molecule has 0 atom stereocenters. The summed E-state index contributed by atoms with van der Waals surface area (Å²) in [5.41, 5.74) is 1.50. The van der Waals surface area contributed by atoms with Crippen LogP contribution in [-0.4, -0.2) is 54.3 Å². The van der Waals surface area contributed by atoms with Gasteiger partial charge in [-0.25, -0.2) is 18.2 Å². The third-order valence-corrected chi connectivity index (χ3v) is 6.31. The molecular formula is C19H24N4O5S. The minimum atomic E-state index is -3.67. The lowest BCUT2D eigenvalue weighted by Gasteiger charge is -2.20. The summed E-state index contributed by atoms with van der Waals surface area (Å²) in [6.07, 6.45) is 2.68. The lowest BCUT2D eigenvalue weighted by atomic mass is 10.2. The summed E-state index contributed by atoms with van der Waals surface area (Å²) in [4.78, 5) is 31.9. The van der Waals surface area contributed by atoms with E-state index in [1.807, 2.05) is 0 Å². The van der Waals surface area contributed by atoms with Gasteiger partial charge in [-0.2, -0.15) is 4.31 Å². The van der Waals surface area contributed by atoms with Crippen molar-refractivity contribution in [3.63, 3.8) is 0 Å². The van der Waals surface area contributed by atoms with E-state index >= 15 is 0 Å². The summed E-state index contributed by atoms with van der Waals surface area (Å²) < 4.78 is 31.8. The van der Waals surface area contributed by atoms with Crippen molar-refractivity contribution in [2.24, 2.45) is 0 Å². The van der Waals surface area contributed by atoms with Gasteiger partial charge in [-0.15, -0.1) is 0 Å². The Labute approximate surface area is 170 Å². The van der Waals surface area contributed by atoms with E-state index in [9.17, 15) is 18.0 Å². The SMILES string of the molecule is CCN(CC)S(=O)(=O)c1cc(NC(=O)COC(=O)c2cnc(C)cn2)ccc1C. The van der Waals surface area contributed by atoms with E-state index in [-0.39, 0.29) is 16.3 Å². The van der Waals surface area contributed by atoms with Gasteiger partial charge in [0, 0.05) is 25.0 Å². The average molecular weight is 420 g/mol. The number of nitrogens with zero attached hydrogens (tertiary/aromatic N) is 3. The number of rotatable bonds is 8. The molecule has 1 aromatic carbocycles. The van der Waals surface area contributed by atoms with Gasteiger partial charge in [0.05, 0.1) is 16.8 Å². The highest BCUT2D eigenvalue weighted by molar-refractivity contribution is 7.89. The number of hydrogen-bond acceptors (Lipinski definition) is 7. The summed E-state index contributed by atoms with van der Waals surface area (Å²) >= 11 is 0. The smallest absolute Gasteiger partial charge is 0.359 e. The van der Waals surface area contributed by atoms with Crippen LogP contribution in [0.1, 0.15) is 35.6 Å². The Hall–Kier alpha value is -2.85. The zero-order chi connectivity index (χ0) is 21.6. The number of anilines is 1. The van der Waals surface area contributed by atoms with Gasteiger partial charge in [0.25, 0.3) is 5.91 Å². The predicted octanol–water partition coefficient (Wildman–Crippen LogP) is 1.92. The third-order valence-electron chi connectivity index (χ3n) is 4.12. The number of sulfonamides is 1. The lowest BCUT2D eigenvalue weighted by molar-refractivity contribution is -0.119. The molecule has 2 rings (SSSR count). The highest BCUT2D eigenvalue weighted by Gasteiger charge is 2.24. The van der Waals surface area contributed by atoms with Crippen LogP contribution in [0, 0.1) is 13.8 Å². The van der Waals surface area contributed by atoms with Crippen molar-refractivity contribution >= 4 is 27.6 Å². The molecule has 10 heteroatoms. The molecule has 0 spiro atoms. The van der Waals surface area contributed by atoms with Crippen LogP contribution < -0.4 is 5.32 Å². The first kappa shape index (κ1) is 22.4. The van der Waals surface area contributed by atoms with E-state index in [0.717, 1.165) is 0 Å². The van der Waals surface area contributed by atoms with E-state index in [4.69, 9.17) is 4.74 Å². The molecule has 9 nitrogen and oxygen atoms in total. The quantitative estimate of drug-likeness (QED) is 0.648. The molecule has 156 valence electrons. The zero-order valence-corrected chi connectivity index (χ0v) is 17.6. The fraction of sp³-hybridized carbons (Fsp3) is 0.368. The first-order valence-electron chi connectivity index (χ1n) is 9.05. The molecule has 0 saturated carbocycles. The summed E-state index contributed by atoms with van der Waals surface area (Å²) in [5.74, 6) is -1.38. The fourth-order valence-electron chi connectivity index (χ4n) is 2.56. The number of carbonyl (C=O) groups is 2. The number of esters is 1. The monoisotopic (exact) mass is 420 g/mol. The zero-order valence-electron chi connectivity index (χ0n) is 16.8. The van der Waals surface area contributed by atoms with Crippen LogP contribution in [0.2, 0.25) is 0 Å². The van der Waals surface area contributed by atoms with Crippen LogP contribution in [0.3, 0.4) is 0 Å². The molecule has 1 aromatic heterocycles. The number of benzene rings is 1. The number of amides is 1. The van der Waals surface area contributed by atoms with E-state index in [1.165, 1.54) is 22.8 Å². The molecule has 0 aliphatic rings. The first-order valence-corrected chi connectivity index (χ1v) is 10.5. The molecule has 0 bridgehead atoms. The van der Waals surface area contributed by atoms with Crippen LogP contribution in [0.5, 0.6) is 0 Å². The molecule has 0 fully saturated rings. The van der Waals surface area contributed by atoms with Crippen LogP contribution in [0.4, 0.5) is 5.69 Å². The minimum Gasteiger partial charge on any atom is -0.451 e. The average Bonchev–Trinajstić information content (AvgIpc) is 2.68. The Kier molecular flexibility index (Phi) is 7.40. The molecule has 1 N–H and O–H groups in total. The number of aryl methyl sites for hydroxylation is 2. The summed E-state index contributed by atoms with van der Waals surface area (Å²) in [5, 5.41) is 2.54. The van der Waals surface area contributed by atoms with Gasteiger partial charge >= 0.3 is 5.97 Å². The van der Waals surface area contributed by atoms with E-state index in [2.05, 4.69) is 15.3 Å². The Balaban J connectivity index is 2.07. The Bertz CT molecular complexity index is 986. The first-order chi connectivity index (χ1) is 13.7. The highest BCUT2D eigenvalue weighted by Crippen LogP contribution is 2.23. The van der Waals surface area contributed by atoms with Gasteiger partial charge in [-0.3, -0.25) is 9.78 Å². The van der Waals surface area contributed by atoms with Crippen molar-refractivity contribution in [3.05, 3.63) is 47.5 Å². The van der Waals surface area contributed by atoms with Gasteiger partial charge in [0.1, 0.15) is 0 Å². The van der Waals surface area contributed by atoms with Crippen molar-refractivity contribution in [2.75, 3.05) is 25.0 Å². The van der Waals surface area contributed by atoms with Crippen LogP contribution in [-0.2, 0) is 19.6 Å². The van der Waals surface area contributed by atoms with E-state index < -0.39 is 28.5 Å². The topological polar surface area (TPSA) is 119 Å². The van der Waals surface area contributed by atoms with Crippen molar-refractivity contribution < 1.29 is 22.7 Å². The second kappa shape index (κ2) is 9.57. The molecule has 2 aromatic rings. The number of nitrogens with one attached hydrogen (secondary N) is 1. The molecule has 0 unspecified atom stereocenters. The van der Waals surface area contributed by atoms with Gasteiger partial charge in [0.15, 0.2) is 12.3 Å². The maximum atomic E-state index is 12.8. The molecule has 1 amide bonds. The van der Waals surface area contributed by atoms with Crippen LogP contribution in [0.25, 0.3) is 0 Å². The van der Waals surface area contributed by atoms with E-state index in [0.29, 0.717) is 24.3 Å². The molecule has 0 radical (unpaired) electrons. The largest absolute Gasteiger partial charge is 0.451 e. The Morgan fingerprint density at radius 2 is 1.79 bits per heavy atom. The number of hydrogen-bond donors (Lipinski definition) is 1. The van der Waals surface area contributed by atoms with Crippen molar-refractivity contribution in [1.82, 2.24) is 14.3 Å². The summed E-state index contributed by atoms with van der Waals surface area (Å²) in [6.45, 7) is 7.07. The normalized spacial score (nSPS) is 11.3. The third kappa shape index (κ3) is 5.58. The fourth-order valence-corrected chi connectivity index (χ4v) is 4.27. The molecule has 0 aliphatic heterocycles. The summed E-state index contributed by atoms with van der Waals surface area (Å²) in [6, 6.07) is 4.59. The van der Waals surface area contributed by atoms with Gasteiger partial charge < -0.3 is 10.1 Å². The Morgan fingerprint density at radius 1 is 1.10 bits per heavy atom. The lowest BCUT2D eigenvalue weighted by Crippen LogP contribution is -2.31. The van der Waals surface area contributed by atoms with Crippen molar-refractivity contribution in [1.29, 1.82) is 0 Å². The van der Waals surface area contributed by atoms with Crippen molar-refractivity contribution in [2.45, 2.75) is 32.6 Å². The number of carbonyl (C=O) groups excluding carboxylic acids is 2. The highest BCUT2D eigenvalue weighted by atomic mass is 32.2. The maximum Gasteiger partial charge on any atom is 0.359 e. The van der Waals surface area contributed by atoms with E-state index in [1.54, 1.807) is 39.8 Å². The van der Waals surface area contributed by atoms with Crippen LogP contribution >= 0.6 is 0 Å². The molecule has 0 aliphatic carbocycles. The van der Waals surface area contributed by atoms with Crippen molar-refractivity contribution in [3.8, 4) is 0 Å². The van der Waals surface area contributed by atoms with Crippen LogP contribution in [0.15, 0.2) is 35.5 Å². The van der Waals surface area contributed by atoms with Gasteiger partial charge in [-0.05, 0) is 31.5 Å². The molecule has 1 heterocycles. The Morgan fingerprint density at radius 3 is 2.38 bits per heavy atom. The standard InChI is InChI=1S/C19H24N4O5S/c1-5-23(6-2)29(26,27)17-9-15(8-7-13(17)3)22-18(24)12-28-19(25)16-11-20-14(4)10-21-16/h7-11H,5-6,12H2,1-4H3,(H,22,24). The van der Waals surface area contributed by atoms with Gasteiger partial charge in [0.2, 0.25) is 10.0 Å².